The van der Waals surface area contributed by atoms with E-state index in [1.807, 2.05) is 6.92 Å². The molecule has 0 radical (unpaired) electrons. The van der Waals surface area contributed by atoms with Crippen LogP contribution in [0.1, 0.15) is 58.8 Å². The molecular formula is C13H24O2. The van der Waals surface area contributed by atoms with Crippen LogP contribution in [0.3, 0.4) is 0 Å². The second-order valence-corrected chi connectivity index (χ2v) is 4.03. The Morgan fingerprint density at radius 3 is 2.33 bits per heavy atom. The number of allylic oxidation sites excluding steroid dienone is 1. The van der Waals surface area contributed by atoms with Crippen LogP contribution in [0.2, 0.25) is 0 Å². The van der Waals surface area contributed by atoms with Gasteiger partial charge in [-0.3, -0.25) is 0 Å². The van der Waals surface area contributed by atoms with Gasteiger partial charge >= 0.3 is 5.97 Å². The molecule has 0 N–H and O–H groups in total. The van der Waals surface area contributed by atoms with Gasteiger partial charge < -0.3 is 4.74 Å². The van der Waals surface area contributed by atoms with E-state index in [2.05, 4.69) is 11.7 Å². The molecule has 0 atom stereocenters. The summed E-state index contributed by atoms with van der Waals surface area (Å²) in [6.45, 7) is 4.21. The minimum absolute atomic E-state index is 0.238. The van der Waals surface area contributed by atoms with E-state index in [4.69, 9.17) is 0 Å². The zero-order valence-corrected chi connectivity index (χ0v) is 10.3. The maximum Gasteiger partial charge on any atom is 0.330 e. The largest absolute Gasteiger partial charge is 0.466 e. The molecule has 0 amide bonds. The van der Waals surface area contributed by atoms with E-state index in [-0.39, 0.29) is 5.97 Å². The molecule has 0 rings (SSSR count). The minimum atomic E-state index is -0.238. The van der Waals surface area contributed by atoms with Crippen molar-refractivity contribution in [3.63, 3.8) is 0 Å². The number of rotatable bonds is 8. The predicted molar refractivity (Wildman–Crippen MR) is 63.8 cm³/mol. The molecule has 0 fully saturated rings. The van der Waals surface area contributed by atoms with Crippen LogP contribution in [-0.4, -0.2) is 13.1 Å². The Balaban J connectivity index is 3.42. The van der Waals surface area contributed by atoms with E-state index in [0.717, 1.165) is 12.0 Å². The Labute approximate surface area is 93.7 Å². The molecule has 0 aromatic carbocycles. The van der Waals surface area contributed by atoms with Crippen LogP contribution < -0.4 is 0 Å². The van der Waals surface area contributed by atoms with Gasteiger partial charge in [0.2, 0.25) is 0 Å². The van der Waals surface area contributed by atoms with Crippen molar-refractivity contribution >= 4 is 5.97 Å². The third-order valence-electron chi connectivity index (χ3n) is 2.49. The van der Waals surface area contributed by atoms with E-state index in [0.29, 0.717) is 0 Å². The van der Waals surface area contributed by atoms with Crippen LogP contribution in [0.4, 0.5) is 0 Å². The first-order valence-electron chi connectivity index (χ1n) is 5.95. The number of hydrogen-bond donors (Lipinski definition) is 0. The van der Waals surface area contributed by atoms with Gasteiger partial charge in [0.25, 0.3) is 0 Å². The first-order chi connectivity index (χ1) is 7.20. The quantitative estimate of drug-likeness (QED) is 0.347. The van der Waals surface area contributed by atoms with Gasteiger partial charge in [0.15, 0.2) is 0 Å². The average molecular weight is 212 g/mol. The second kappa shape index (κ2) is 9.75. The van der Waals surface area contributed by atoms with Gasteiger partial charge in [-0.15, -0.1) is 0 Å². The maximum atomic E-state index is 10.9. The molecule has 0 aliphatic carbocycles. The SMILES string of the molecule is CCCCCCCC/C(C)=C\C(=O)OC. The van der Waals surface area contributed by atoms with E-state index < -0.39 is 0 Å². The molecule has 0 unspecified atom stereocenters. The summed E-state index contributed by atoms with van der Waals surface area (Å²) in [7, 11) is 1.41. The summed E-state index contributed by atoms with van der Waals surface area (Å²) in [4.78, 5) is 10.9. The summed E-state index contributed by atoms with van der Waals surface area (Å²) in [5.74, 6) is -0.238. The number of carbonyl (C=O) groups is 1. The number of esters is 1. The zero-order valence-electron chi connectivity index (χ0n) is 10.3. The zero-order chi connectivity index (χ0) is 11.5. The molecule has 15 heavy (non-hydrogen) atoms. The highest BCUT2D eigenvalue weighted by atomic mass is 16.5. The fourth-order valence-electron chi connectivity index (χ4n) is 1.52. The van der Waals surface area contributed by atoms with Gasteiger partial charge in [-0.05, 0) is 19.8 Å². The molecule has 0 heterocycles. The minimum Gasteiger partial charge on any atom is -0.466 e. The number of methoxy groups -OCH3 is 1. The summed E-state index contributed by atoms with van der Waals surface area (Å²) >= 11 is 0. The van der Waals surface area contributed by atoms with E-state index in [9.17, 15) is 4.79 Å². The first kappa shape index (κ1) is 14.2. The highest BCUT2D eigenvalue weighted by molar-refractivity contribution is 5.82. The molecule has 0 aliphatic rings. The van der Waals surface area contributed by atoms with Crippen molar-refractivity contribution in [1.82, 2.24) is 0 Å². The van der Waals surface area contributed by atoms with Crippen LogP contribution in [0.25, 0.3) is 0 Å². The molecule has 0 spiro atoms. The Bertz CT molecular complexity index is 195. The van der Waals surface area contributed by atoms with Crippen LogP contribution >= 0.6 is 0 Å². The van der Waals surface area contributed by atoms with Crippen LogP contribution in [0.15, 0.2) is 11.6 Å². The lowest BCUT2D eigenvalue weighted by Crippen LogP contribution is -1.95. The van der Waals surface area contributed by atoms with Crippen molar-refractivity contribution in [2.75, 3.05) is 7.11 Å². The van der Waals surface area contributed by atoms with Gasteiger partial charge in [0.05, 0.1) is 7.11 Å². The normalized spacial score (nSPS) is 11.5. The molecule has 0 bridgehead atoms. The molecule has 88 valence electrons. The number of unbranched alkanes of at least 4 members (excludes halogenated alkanes) is 5. The second-order valence-electron chi connectivity index (χ2n) is 4.03. The summed E-state index contributed by atoms with van der Waals surface area (Å²) in [5.41, 5.74) is 1.12. The lowest BCUT2D eigenvalue weighted by Gasteiger charge is -2.01. The van der Waals surface area contributed by atoms with Crippen molar-refractivity contribution in [2.24, 2.45) is 0 Å². The number of ether oxygens (including phenoxy) is 1. The molecule has 0 aromatic rings. The van der Waals surface area contributed by atoms with E-state index in [1.54, 1.807) is 6.08 Å². The number of carbonyl (C=O) groups excluding carboxylic acids is 1. The molecule has 0 aliphatic heterocycles. The fraction of sp³-hybridized carbons (Fsp3) is 0.769. The first-order valence-corrected chi connectivity index (χ1v) is 5.95. The van der Waals surface area contributed by atoms with Gasteiger partial charge in [-0.1, -0.05) is 44.6 Å². The molecule has 2 heteroatoms. The van der Waals surface area contributed by atoms with Crippen LogP contribution in [0.5, 0.6) is 0 Å². The molecule has 0 aromatic heterocycles. The summed E-state index contributed by atoms with van der Waals surface area (Å²) in [6.07, 6.45) is 10.4. The van der Waals surface area contributed by atoms with Crippen molar-refractivity contribution in [1.29, 1.82) is 0 Å². The third kappa shape index (κ3) is 9.51. The van der Waals surface area contributed by atoms with Crippen LogP contribution in [-0.2, 0) is 9.53 Å². The van der Waals surface area contributed by atoms with E-state index >= 15 is 0 Å². The third-order valence-corrected chi connectivity index (χ3v) is 2.49. The average Bonchev–Trinajstić information content (AvgIpc) is 2.23. The predicted octanol–water partition coefficient (Wildman–Crippen LogP) is 3.86. The van der Waals surface area contributed by atoms with Gasteiger partial charge in [0, 0.05) is 6.08 Å². The summed E-state index contributed by atoms with van der Waals surface area (Å²) in [6, 6.07) is 0. The van der Waals surface area contributed by atoms with Gasteiger partial charge in [0.1, 0.15) is 0 Å². The standard InChI is InChI=1S/C13H24O2/c1-4-5-6-7-8-9-10-12(2)11-13(14)15-3/h11H,4-10H2,1-3H3/b12-11-. The summed E-state index contributed by atoms with van der Waals surface area (Å²) in [5, 5.41) is 0. The summed E-state index contributed by atoms with van der Waals surface area (Å²) < 4.78 is 4.56. The smallest absolute Gasteiger partial charge is 0.330 e. The molecule has 2 nitrogen and oxygen atoms in total. The highest BCUT2D eigenvalue weighted by Gasteiger charge is 1.97. The van der Waals surface area contributed by atoms with Gasteiger partial charge in [-0.25, -0.2) is 4.79 Å². The van der Waals surface area contributed by atoms with Crippen molar-refractivity contribution in [3.05, 3.63) is 11.6 Å². The van der Waals surface area contributed by atoms with Crippen molar-refractivity contribution in [2.45, 2.75) is 58.8 Å². The topological polar surface area (TPSA) is 26.3 Å². The molecular weight excluding hydrogens is 188 g/mol. The Morgan fingerprint density at radius 1 is 1.13 bits per heavy atom. The Morgan fingerprint density at radius 2 is 1.73 bits per heavy atom. The molecule has 0 saturated heterocycles. The fourth-order valence-corrected chi connectivity index (χ4v) is 1.52. The monoisotopic (exact) mass is 212 g/mol. The van der Waals surface area contributed by atoms with Crippen molar-refractivity contribution < 1.29 is 9.53 Å². The molecule has 0 saturated carbocycles. The Kier molecular flexibility index (Phi) is 9.24. The van der Waals surface area contributed by atoms with Gasteiger partial charge in [-0.2, -0.15) is 0 Å². The highest BCUT2D eigenvalue weighted by Crippen LogP contribution is 2.11. The van der Waals surface area contributed by atoms with E-state index in [1.165, 1.54) is 45.6 Å². The van der Waals surface area contributed by atoms with Crippen molar-refractivity contribution in [3.8, 4) is 0 Å². The Hall–Kier alpha value is -0.790. The lowest BCUT2D eigenvalue weighted by molar-refractivity contribution is -0.134. The van der Waals surface area contributed by atoms with Crippen LogP contribution in [0, 0.1) is 0 Å². The lowest BCUT2D eigenvalue weighted by atomic mass is 10.1. The maximum absolute atomic E-state index is 10.9. The number of hydrogen-bond acceptors (Lipinski definition) is 2.